The Kier molecular flexibility index (Phi) is 7.87. The lowest BCUT2D eigenvalue weighted by molar-refractivity contribution is -0.118. The summed E-state index contributed by atoms with van der Waals surface area (Å²) in [5, 5.41) is 5.64. The second kappa shape index (κ2) is 10.1. The van der Waals surface area contributed by atoms with E-state index in [4.69, 9.17) is 9.47 Å². The Morgan fingerprint density at radius 3 is 2.21 bits per heavy atom. The van der Waals surface area contributed by atoms with Gasteiger partial charge in [0.25, 0.3) is 5.91 Å². The lowest BCUT2D eigenvalue weighted by Crippen LogP contribution is -2.17. The van der Waals surface area contributed by atoms with Crippen LogP contribution in [0.2, 0.25) is 0 Å². The molecule has 2 aromatic carbocycles. The molecule has 0 aromatic heterocycles. The molecule has 0 aliphatic carbocycles. The predicted molar refractivity (Wildman–Crippen MR) is 114 cm³/mol. The highest BCUT2D eigenvalue weighted by Crippen LogP contribution is 2.37. The zero-order valence-corrected chi connectivity index (χ0v) is 18.1. The van der Waals surface area contributed by atoms with Gasteiger partial charge in [-0.15, -0.1) is 0 Å². The average molecular weight is 449 g/mol. The lowest BCUT2D eigenvalue weighted by Gasteiger charge is -2.14. The molecule has 0 atom stereocenters. The van der Waals surface area contributed by atoms with Gasteiger partial charge >= 0.3 is 0 Å². The van der Waals surface area contributed by atoms with E-state index in [-0.39, 0.29) is 17.7 Å². The Balaban J connectivity index is 2.12. The quantitative estimate of drug-likeness (QED) is 0.589. The number of hydrogen-bond acceptors (Lipinski definition) is 4. The average Bonchev–Trinajstić information content (AvgIpc) is 2.67. The third-order valence-corrected chi connectivity index (χ3v) is 4.47. The second-order valence-corrected chi connectivity index (χ2v) is 7.37. The van der Waals surface area contributed by atoms with Crippen LogP contribution in [-0.4, -0.2) is 25.5 Å². The second-order valence-electron chi connectivity index (χ2n) is 6.51. The third-order valence-electron chi connectivity index (χ3n) is 3.88. The van der Waals surface area contributed by atoms with Crippen LogP contribution in [0.4, 0.5) is 11.4 Å². The molecule has 7 heteroatoms. The number of carbonyl (C=O) groups excluding carboxylic acids is 2. The van der Waals surface area contributed by atoms with Crippen LogP contribution in [0.5, 0.6) is 11.5 Å². The summed E-state index contributed by atoms with van der Waals surface area (Å²) in [6.45, 7) is 6.23. The molecular formula is C21H25BrN2O4. The Morgan fingerprint density at radius 2 is 1.68 bits per heavy atom. The van der Waals surface area contributed by atoms with Gasteiger partial charge in [0.15, 0.2) is 11.5 Å². The fourth-order valence-corrected chi connectivity index (χ4v) is 2.88. The van der Waals surface area contributed by atoms with Gasteiger partial charge in [0.1, 0.15) is 0 Å². The van der Waals surface area contributed by atoms with Crippen LogP contribution < -0.4 is 20.1 Å². The Hall–Kier alpha value is -2.54. The number of halogens is 1. The fraction of sp³-hybridized carbons (Fsp3) is 0.333. The van der Waals surface area contributed by atoms with Crippen molar-refractivity contribution in [3.8, 4) is 11.5 Å². The molecule has 0 aliphatic heterocycles. The molecule has 2 aromatic rings. The summed E-state index contributed by atoms with van der Waals surface area (Å²) in [7, 11) is 1.53. The molecule has 0 unspecified atom stereocenters. The highest BCUT2D eigenvalue weighted by atomic mass is 79.9. The molecule has 150 valence electrons. The molecular weight excluding hydrogens is 424 g/mol. The van der Waals surface area contributed by atoms with Crippen molar-refractivity contribution in [1.82, 2.24) is 0 Å². The van der Waals surface area contributed by atoms with E-state index in [0.29, 0.717) is 39.5 Å². The Bertz CT molecular complexity index is 835. The molecule has 0 aliphatic rings. The minimum absolute atomic E-state index is 0.0564. The highest BCUT2D eigenvalue weighted by molar-refractivity contribution is 9.10. The van der Waals surface area contributed by atoms with Gasteiger partial charge in [-0.05, 0) is 58.7 Å². The van der Waals surface area contributed by atoms with Crippen LogP contribution in [0.3, 0.4) is 0 Å². The SMILES string of the molecule is CCCOc1c(Br)cc(C(=O)Nc2ccc(NC(=O)C(C)C)cc2)cc1OC. The summed E-state index contributed by atoms with van der Waals surface area (Å²) in [6, 6.07) is 10.3. The van der Waals surface area contributed by atoms with E-state index in [2.05, 4.69) is 26.6 Å². The van der Waals surface area contributed by atoms with Gasteiger partial charge in [-0.25, -0.2) is 0 Å². The first-order chi connectivity index (χ1) is 13.3. The first-order valence-corrected chi connectivity index (χ1v) is 9.87. The van der Waals surface area contributed by atoms with Gasteiger partial charge in [-0.2, -0.15) is 0 Å². The standard InChI is InChI=1S/C21H25BrN2O4/c1-5-10-28-19-17(22)11-14(12-18(19)27-4)21(26)24-16-8-6-15(7-9-16)23-20(25)13(2)3/h6-9,11-13H,5,10H2,1-4H3,(H,23,25)(H,24,26). The maximum absolute atomic E-state index is 12.6. The number of anilines is 2. The lowest BCUT2D eigenvalue weighted by atomic mass is 10.1. The number of rotatable bonds is 8. The van der Waals surface area contributed by atoms with E-state index < -0.39 is 0 Å². The number of carbonyl (C=O) groups is 2. The van der Waals surface area contributed by atoms with E-state index in [9.17, 15) is 9.59 Å². The molecule has 0 fully saturated rings. The van der Waals surface area contributed by atoms with E-state index in [1.54, 1.807) is 36.4 Å². The number of ether oxygens (including phenoxy) is 2. The van der Waals surface area contributed by atoms with Crippen molar-refractivity contribution in [3.05, 3.63) is 46.4 Å². The van der Waals surface area contributed by atoms with Gasteiger partial charge < -0.3 is 20.1 Å². The molecule has 2 amide bonds. The predicted octanol–water partition coefficient (Wildman–Crippen LogP) is 5.09. The molecule has 0 heterocycles. The number of amides is 2. The summed E-state index contributed by atoms with van der Waals surface area (Å²) in [5.74, 6) is 0.627. The number of benzene rings is 2. The minimum atomic E-state index is -0.278. The molecule has 2 N–H and O–H groups in total. The first-order valence-electron chi connectivity index (χ1n) is 9.08. The molecule has 2 rings (SSSR count). The number of hydrogen-bond donors (Lipinski definition) is 2. The molecule has 6 nitrogen and oxygen atoms in total. The van der Waals surface area contributed by atoms with Gasteiger partial charge in [0, 0.05) is 22.9 Å². The minimum Gasteiger partial charge on any atom is -0.493 e. The van der Waals surface area contributed by atoms with Gasteiger partial charge in [0.2, 0.25) is 5.91 Å². The molecule has 0 bridgehead atoms. The number of methoxy groups -OCH3 is 1. The smallest absolute Gasteiger partial charge is 0.255 e. The fourth-order valence-electron chi connectivity index (χ4n) is 2.32. The monoisotopic (exact) mass is 448 g/mol. The van der Waals surface area contributed by atoms with Crippen LogP contribution in [0.15, 0.2) is 40.9 Å². The van der Waals surface area contributed by atoms with Crippen molar-refractivity contribution in [2.24, 2.45) is 5.92 Å². The highest BCUT2D eigenvalue weighted by Gasteiger charge is 2.16. The maximum atomic E-state index is 12.6. The van der Waals surface area contributed by atoms with E-state index >= 15 is 0 Å². The zero-order chi connectivity index (χ0) is 20.7. The summed E-state index contributed by atoms with van der Waals surface area (Å²) in [6.07, 6.45) is 0.867. The van der Waals surface area contributed by atoms with Crippen molar-refractivity contribution in [2.45, 2.75) is 27.2 Å². The Morgan fingerprint density at radius 1 is 1.07 bits per heavy atom. The van der Waals surface area contributed by atoms with Gasteiger partial charge in [0.05, 0.1) is 18.2 Å². The van der Waals surface area contributed by atoms with Crippen molar-refractivity contribution >= 4 is 39.1 Å². The summed E-state index contributed by atoms with van der Waals surface area (Å²) in [5.41, 5.74) is 1.73. The van der Waals surface area contributed by atoms with Crippen molar-refractivity contribution in [2.75, 3.05) is 24.4 Å². The molecule has 0 spiro atoms. The normalized spacial score (nSPS) is 10.5. The first kappa shape index (κ1) is 21.8. The molecule has 28 heavy (non-hydrogen) atoms. The van der Waals surface area contributed by atoms with Crippen LogP contribution in [0.25, 0.3) is 0 Å². The summed E-state index contributed by atoms with van der Waals surface area (Å²) >= 11 is 3.44. The van der Waals surface area contributed by atoms with Gasteiger partial charge in [-0.3, -0.25) is 9.59 Å². The van der Waals surface area contributed by atoms with Crippen LogP contribution >= 0.6 is 15.9 Å². The summed E-state index contributed by atoms with van der Waals surface area (Å²) in [4.78, 5) is 24.4. The van der Waals surface area contributed by atoms with E-state index in [0.717, 1.165) is 6.42 Å². The van der Waals surface area contributed by atoms with Crippen LogP contribution in [0, 0.1) is 5.92 Å². The maximum Gasteiger partial charge on any atom is 0.255 e. The van der Waals surface area contributed by atoms with Crippen LogP contribution in [0.1, 0.15) is 37.6 Å². The van der Waals surface area contributed by atoms with Crippen molar-refractivity contribution in [3.63, 3.8) is 0 Å². The third kappa shape index (κ3) is 5.73. The molecule has 0 radical (unpaired) electrons. The van der Waals surface area contributed by atoms with Crippen LogP contribution in [-0.2, 0) is 4.79 Å². The van der Waals surface area contributed by atoms with Crippen molar-refractivity contribution < 1.29 is 19.1 Å². The topological polar surface area (TPSA) is 76.7 Å². The number of nitrogens with one attached hydrogen (secondary N) is 2. The van der Waals surface area contributed by atoms with Gasteiger partial charge in [-0.1, -0.05) is 20.8 Å². The largest absolute Gasteiger partial charge is 0.493 e. The molecule has 0 saturated carbocycles. The van der Waals surface area contributed by atoms with Crippen molar-refractivity contribution in [1.29, 1.82) is 0 Å². The van der Waals surface area contributed by atoms with E-state index in [1.807, 2.05) is 20.8 Å². The summed E-state index contributed by atoms with van der Waals surface area (Å²) < 4.78 is 11.7. The zero-order valence-electron chi connectivity index (χ0n) is 16.5. The molecule has 0 saturated heterocycles. The van der Waals surface area contributed by atoms with E-state index in [1.165, 1.54) is 7.11 Å². The Labute approximate surface area is 173 Å².